The van der Waals surface area contributed by atoms with Gasteiger partial charge >= 0.3 is 0 Å². The number of aliphatic hydroxyl groups excluding tert-OH is 1. The molecule has 1 rings (SSSR count). The standard InChI is InChI=1S/C14H28O/c1-12(2)7-4-3-5-8-13-9-6-10-14(15)11-13/h12-15H,3-11H2,1-2H3. The van der Waals surface area contributed by atoms with Crippen molar-refractivity contribution in [1.82, 2.24) is 0 Å². The molecule has 15 heavy (non-hydrogen) atoms. The lowest BCUT2D eigenvalue weighted by atomic mass is 9.84. The molecule has 0 aliphatic heterocycles. The summed E-state index contributed by atoms with van der Waals surface area (Å²) in [5.74, 6) is 1.69. The zero-order valence-electron chi connectivity index (χ0n) is 10.5. The van der Waals surface area contributed by atoms with Gasteiger partial charge in [-0.2, -0.15) is 0 Å². The first-order valence-corrected chi connectivity index (χ1v) is 6.86. The van der Waals surface area contributed by atoms with Gasteiger partial charge in [-0.05, 0) is 24.7 Å². The summed E-state index contributed by atoms with van der Waals surface area (Å²) in [4.78, 5) is 0. The Morgan fingerprint density at radius 3 is 2.60 bits per heavy atom. The Morgan fingerprint density at radius 2 is 1.93 bits per heavy atom. The highest BCUT2D eigenvalue weighted by molar-refractivity contribution is 4.72. The minimum Gasteiger partial charge on any atom is -0.393 e. The van der Waals surface area contributed by atoms with Crippen LogP contribution in [0.2, 0.25) is 0 Å². The molecule has 1 fully saturated rings. The van der Waals surface area contributed by atoms with Crippen LogP contribution >= 0.6 is 0 Å². The second-order valence-corrected chi connectivity index (χ2v) is 5.72. The SMILES string of the molecule is CC(C)CCCCCC1CCCC(O)C1. The predicted molar refractivity (Wildman–Crippen MR) is 65.9 cm³/mol. The quantitative estimate of drug-likeness (QED) is 0.656. The van der Waals surface area contributed by atoms with Crippen LogP contribution in [-0.2, 0) is 0 Å². The smallest absolute Gasteiger partial charge is 0.0542 e. The summed E-state index contributed by atoms with van der Waals surface area (Å²) in [6.45, 7) is 4.61. The lowest BCUT2D eigenvalue weighted by Gasteiger charge is -2.25. The van der Waals surface area contributed by atoms with Crippen LogP contribution in [0, 0.1) is 11.8 Å². The molecule has 1 saturated carbocycles. The van der Waals surface area contributed by atoms with Gasteiger partial charge in [0.1, 0.15) is 0 Å². The predicted octanol–water partition coefficient (Wildman–Crippen LogP) is 4.14. The molecule has 1 aliphatic rings. The molecule has 2 atom stereocenters. The fourth-order valence-corrected chi connectivity index (χ4v) is 2.69. The molecule has 0 aromatic rings. The van der Waals surface area contributed by atoms with Gasteiger partial charge in [0.2, 0.25) is 0 Å². The molecular weight excluding hydrogens is 184 g/mol. The second kappa shape index (κ2) is 7.27. The van der Waals surface area contributed by atoms with Crippen molar-refractivity contribution in [3.05, 3.63) is 0 Å². The van der Waals surface area contributed by atoms with Crippen LogP contribution in [0.1, 0.15) is 71.6 Å². The zero-order chi connectivity index (χ0) is 11.1. The van der Waals surface area contributed by atoms with E-state index < -0.39 is 0 Å². The summed E-state index contributed by atoms with van der Waals surface area (Å²) >= 11 is 0. The summed E-state index contributed by atoms with van der Waals surface area (Å²) in [7, 11) is 0. The van der Waals surface area contributed by atoms with Crippen molar-refractivity contribution in [2.75, 3.05) is 0 Å². The molecule has 0 heterocycles. The molecule has 0 bridgehead atoms. The van der Waals surface area contributed by atoms with E-state index in [0.29, 0.717) is 0 Å². The third kappa shape index (κ3) is 6.19. The van der Waals surface area contributed by atoms with E-state index in [4.69, 9.17) is 0 Å². The van der Waals surface area contributed by atoms with Crippen molar-refractivity contribution < 1.29 is 5.11 Å². The first-order chi connectivity index (χ1) is 7.18. The highest BCUT2D eigenvalue weighted by atomic mass is 16.3. The summed E-state index contributed by atoms with van der Waals surface area (Å²) in [6, 6.07) is 0. The van der Waals surface area contributed by atoms with Crippen molar-refractivity contribution >= 4 is 0 Å². The third-order valence-electron chi connectivity index (χ3n) is 3.65. The van der Waals surface area contributed by atoms with E-state index in [1.807, 2.05) is 0 Å². The van der Waals surface area contributed by atoms with Gasteiger partial charge < -0.3 is 5.11 Å². The van der Waals surface area contributed by atoms with Gasteiger partial charge in [0.15, 0.2) is 0 Å². The van der Waals surface area contributed by atoms with Crippen LogP contribution < -0.4 is 0 Å². The van der Waals surface area contributed by atoms with Crippen molar-refractivity contribution in [2.24, 2.45) is 11.8 Å². The zero-order valence-corrected chi connectivity index (χ0v) is 10.5. The van der Waals surface area contributed by atoms with Gasteiger partial charge in [-0.15, -0.1) is 0 Å². The first kappa shape index (κ1) is 13.0. The summed E-state index contributed by atoms with van der Waals surface area (Å²) in [5, 5.41) is 9.56. The maximum atomic E-state index is 9.56. The number of aliphatic hydroxyl groups is 1. The Hall–Kier alpha value is -0.0400. The van der Waals surface area contributed by atoms with Crippen molar-refractivity contribution in [3.8, 4) is 0 Å². The van der Waals surface area contributed by atoms with E-state index >= 15 is 0 Å². The van der Waals surface area contributed by atoms with Gasteiger partial charge in [0, 0.05) is 0 Å². The van der Waals surface area contributed by atoms with Gasteiger partial charge in [0.25, 0.3) is 0 Å². The lowest BCUT2D eigenvalue weighted by molar-refractivity contribution is 0.0973. The van der Waals surface area contributed by atoms with Crippen LogP contribution in [0.25, 0.3) is 0 Å². The van der Waals surface area contributed by atoms with E-state index in [1.165, 1.54) is 44.9 Å². The topological polar surface area (TPSA) is 20.2 Å². The summed E-state index contributed by atoms with van der Waals surface area (Å²) in [5.41, 5.74) is 0. The molecule has 1 heteroatoms. The van der Waals surface area contributed by atoms with Crippen LogP contribution in [-0.4, -0.2) is 11.2 Å². The molecular formula is C14H28O. The second-order valence-electron chi connectivity index (χ2n) is 5.72. The third-order valence-corrected chi connectivity index (χ3v) is 3.65. The lowest BCUT2D eigenvalue weighted by Crippen LogP contribution is -2.19. The number of rotatable bonds is 6. The normalized spacial score (nSPS) is 27.2. The molecule has 1 N–H and O–H groups in total. The largest absolute Gasteiger partial charge is 0.393 e. The minimum absolute atomic E-state index is 0.0133. The monoisotopic (exact) mass is 212 g/mol. The van der Waals surface area contributed by atoms with Crippen molar-refractivity contribution in [2.45, 2.75) is 77.7 Å². The molecule has 0 amide bonds. The van der Waals surface area contributed by atoms with Gasteiger partial charge in [-0.3, -0.25) is 0 Å². The molecule has 0 spiro atoms. The average Bonchev–Trinajstić information content (AvgIpc) is 2.17. The number of hydrogen-bond donors (Lipinski definition) is 1. The van der Waals surface area contributed by atoms with Crippen LogP contribution in [0.3, 0.4) is 0 Å². The Kier molecular flexibility index (Phi) is 6.31. The van der Waals surface area contributed by atoms with Crippen LogP contribution in [0.4, 0.5) is 0 Å². The Morgan fingerprint density at radius 1 is 1.13 bits per heavy atom. The fourth-order valence-electron chi connectivity index (χ4n) is 2.69. The van der Waals surface area contributed by atoms with E-state index in [9.17, 15) is 5.11 Å². The van der Waals surface area contributed by atoms with Gasteiger partial charge in [-0.1, -0.05) is 58.8 Å². The Balaban J connectivity index is 1.95. The summed E-state index contributed by atoms with van der Waals surface area (Å²) in [6.07, 6.45) is 11.6. The summed E-state index contributed by atoms with van der Waals surface area (Å²) < 4.78 is 0. The number of unbranched alkanes of at least 4 members (excludes halogenated alkanes) is 2. The van der Waals surface area contributed by atoms with E-state index in [0.717, 1.165) is 24.7 Å². The molecule has 0 saturated heterocycles. The molecule has 2 unspecified atom stereocenters. The Bertz CT molecular complexity index is 153. The van der Waals surface area contributed by atoms with Crippen molar-refractivity contribution in [3.63, 3.8) is 0 Å². The van der Waals surface area contributed by atoms with E-state index in [2.05, 4.69) is 13.8 Å². The maximum Gasteiger partial charge on any atom is 0.0542 e. The fraction of sp³-hybridized carbons (Fsp3) is 1.00. The van der Waals surface area contributed by atoms with E-state index in [1.54, 1.807) is 0 Å². The highest BCUT2D eigenvalue weighted by Gasteiger charge is 2.19. The molecule has 0 aromatic heterocycles. The maximum absolute atomic E-state index is 9.56. The van der Waals surface area contributed by atoms with E-state index in [-0.39, 0.29) is 6.10 Å². The van der Waals surface area contributed by atoms with Gasteiger partial charge in [-0.25, -0.2) is 0 Å². The molecule has 0 radical (unpaired) electrons. The van der Waals surface area contributed by atoms with Gasteiger partial charge in [0.05, 0.1) is 6.10 Å². The first-order valence-electron chi connectivity index (χ1n) is 6.86. The van der Waals surface area contributed by atoms with Crippen LogP contribution in [0.5, 0.6) is 0 Å². The molecule has 90 valence electrons. The Labute approximate surface area is 95.3 Å². The molecule has 1 aliphatic carbocycles. The highest BCUT2D eigenvalue weighted by Crippen LogP contribution is 2.28. The number of hydrogen-bond acceptors (Lipinski definition) is 1. The van der Waals surface area contributed by atoms with Crippen LogP contribution in [0.15, 0.2) is 0 Å². The minimum atomic E-state index is 0.0133. The molecule has 1 nitrogen and oxygen atoms in total. The average molecular weight is 212 g/mol. The molecule has 0 aromatic carbocycles. The van der Waals surface area contributed by atoms with Crippen molar-refractivity contribution in [1.29, 1.82) is 0 Å².